The number of carbonyl (C=O) groups excluding carboxylic acids is 5. The Balaban J connectivity index is 1.88. The highest BCUT2D eigenvalue weighted by Crippen LogP contribution is 2.72. The van der Waals surface area contributed by atoms with Gasteiger partial charge in [-0.3, -0.25) is 24.0 Å². The van der Waals surface area contributed by atoms with Crippen molar-refractivity contribution in [2.45, 2.75) is 104 Å². The first-order valence-corrected chi connectivity index (χ1v) is 14.5. The Hall–Kier alpha value is -2.84. The van der Waals surface area contributed by atoms with E-state index in [1.54, 1.807) is 33.8 Å². The Morgan fingerprint density at radius 3 is 2.27 bits per heavy atom. The third-order valence-corrected chi connectivity index (χ3v) is 10.3. The number of rotatable bonds is 8. The van der Waals surface area contributed by atoms with Crippen LogP contribution in [0, 0.1) is 28.6 Å². The maximum absolute atomic E-state index is 18.1. The number of halogens is 1. The molecule has 4 aliphatic carbocycles. The van der Waals surface area contributed by atoms with Crippen LogP contribution in [0.4, 0.5) is 4.39 Å². The Kier molecular flexibility index (Phi) is 7.93. The van der Waals surface area contributed by atoms with E-state index >= 15 is 4.39 Å². The monoisotopic (exact) mass is 560 g/mol. The van der Waals surface area contributed by atoms with Crippen molar-refractivity contribution < 1.29 is 42.6 Å². The second-order valence-corrected chi connectivity index (χ2v) is 12.2. The van der Waals surface area contributed by atoms with Gasteiger partial charge in [-0.25, -0.2) is 4.39 Å². The van der Waals surface area contributed by atoms with Crippen LogP contribution in [0.3, 0.4) is 0 Å². The van der Waals surface area contributed by atoms with Crippen LogP contribution in [0.25, 0.3) is 0 Å². The summed E-state index contributed by atoms with van der Waals surface area (Å²) in [7, 11) is 0. The van der Waals surface area contributed by atoms with Crippen LogP contribution >= 0.6 is 0 Å². The summed E-state index contributed by atoms with van der Waals surface area (Å²) in [5, 5.41) is 0. The summed E-state index contributed by atoms with van der Waals surface area (Å²) in [5.41, 5.74) is -5.41. The van der Waals surface area contributed by atoms with E-state index in [1.807, 2.05) is 13.8 Å². The summed E-state index contributed by atoms with van der Waals surface area (Å²) < 4.78 is 35.3. The maximum Gasteiger partial charge on any atom is 0.306 e. The largest absolute Gasteiger partial charge is 0.459 e. The first-order valence-electron chi connectivity index (χ1n) is 14.5. The fourth-order valence-electron chi connectivity index (χ4n) is 8.34. The molecule has 0 unspecified atom stereocenters. The van der Waals surface area contributed by atoms with E-state index in [0.717, 1.165) is 0 Å². The molecule has 40 heavy (non-hydrogen) atoms. The predicted octanol–water partition coefficient (Wildman–Crippen LogP) is 4.78. The molecule has 3 saturated carbocycles. The van der Waals surface area contributed by atoms with Crippen molar-refractivity contribution in [3.8, 4) is 0 Å². The number of hydrogen-bond acceptors (Lipinski definition) is 8. The Morgan fingerprint density at radius 1 is 1.00 bits per heavy atom. The van der Waals surface area contributed by atoms with E-state index < -0.39 is 76.3 Å². The highest BCUT2D eigenvalue weighted by atomic mass is 19.1. The molecule has 9 heteroatoms. The molecule has 0 bridgehead atoms. The average molecular weight is 561 g/mol. The van der Waals surface area contributed by atoms with E-state index in [4.69, 9.17) is 14.2 Å². The molecule has 4 aliphatic rings. The van der Waals surface area contributed by atoms with E-state index in [0.29, 0.717) is 24.8 Å². The summed E-state index contributed by atoms with van der Waals surface area (Å²) in [6, 6.07) is 0. The van der Waals surface area contributed by atoms with Crippen LogP contribution < -0.4 is 0 Å². The van der Waals surface area contributed by atoms with E-state index in [2.05, 4.69) is 0 Å². The van der Waals surface area contributed by atoms with Gasteiger partial charge in [0.05, 0.1) is 0 Å². The van der Waals surface area contributed by atoms with Crippen LogP contribution in [0.5, 0.6) is 0 Å². The molecule has 0 aromatic rings. The standard InChI is InChI=1S/C31H41FO8/c1-7-25(35)38-17-23(34)31(40-27(37)9-3)18(4)14-22-21-11-10-19-15-20(33)12-13-28(19,5)30(21,32)24(16-29(22,31)6)39-26(36)8-2/h12-13,15,18,21-22,24H,7-11,14,16-17H2,1-6H3/t18-,21+,22-,24-,28+,29+,30+,31+/m1/s1. The number of fused-ring (bicyclic) bond motifs is 5. The number of carbonyl (C=O) groups is 5. The van der Waals surface area contributed by atoms with Gasteiger partial charge in [0.2, 0.25) is 5.78 Å². The van der Waals surface area contributed by atoms with Crippen LogP contribution in [0.2, 0.25) is 0 Å². The molecule has 0 aromatic carbocycles. The predicted molar refractivity (Wildman–Crippen MR) is 142 cm³/mol. The number of allylic oxidation sites excluding steroid dienone is 4. The van der Waals surface area contributed by atoms with Crippen LogP contribution in [-0.4, -0.2) is 53.5 Å². The minimum Gasteiger partial charge on any atom is -0.459 e. The van der Waals surface area contributed by atoms with Gasteiger partial charge in [-0.15, -0.1) is 0 Å². The van der Waals surface area contributed by atoms with Crippen LogP contribution in [0.15, 0.2) is 23.8 Å². The maximum atomic E-state index is 18.1. The fourth-order valence-corrected chi connectivity index (χ4v) is 8.34. The highest BCUT2D eigenvalue weighted by Gasteiger charge is 2.78. The minimum absolute atomic E-state index is 0.0209. The number of esters is 3. The third kappa shape index (κ3) is 4.17. The van der Waals surface area contributed by atoms with E-state index in [1.165, 1.54) is 12.2 Å². The topological polar surface area (TPSA) is 113 Å². The number of alkyl halides is 1. The number of hydrogen-bond donors (Lipinski definition) is 0. The summed E-state index contributed by atoms with van der Waals surface area (Å²) in [4.78, 5) is 63.8. The van der Waals surface area contributed by atoms with Gasteiger partial charge >= 0.3 is 17.9 Å². The van der Waals surface area contributed by atoms with Crippen molar-refractivity contribution >= 4 is 29.5 Å². The second kappa shape index (κ2) is 10.5. The molecule has 3 fully saturated rings. The summed E-state index contributed by atoms with van der Waals surface area (Å²) in [6.45, 7) is 9.68. The number of Topliss-reactive ketones (excluding diaryl/α,β-unsaturated/α-hetero) is 1. The van der Waals surface area contributed by atoms with Crippen molar-refractivity contribution in [1.29, 1.82) is 0 Å². The van der Waals surface area contributed by atoms with Crippen molar-refractivity contribution in [2.24, 2.45) is 28.6 Å². The molecule has 0 aliphatic heterocycles. The zero-order valence-electron chi connectivity index (χ0n) is 24.3. The van der Waals surface area contributed by atoms with Gasteiger partial charge in [0.25, 0.3) is 0 Å². The lowest BCUT2D eigenvalue weighted by Gasteiger charge is -2.63. The van der Waals surface area contributed by atoms with Gasteiger partial charge in [0.1, 0.15) is 6.10 Å². The van der Waals surface area contributed by atoms with Gasteiger partial charge in [-0.05, 0) is 50.7 Å². The molecule has 0 N–H and O–H groups in total. The summed E-state index contributed by atoms with van der Waals surface area (Å²) >= 11 is 0. The summed E-state index contributed by atoms with van der Waals surface area (Å²) in [5.74, 6) is -4.06. The normalized spacial score (nSPS) is 39.8. The fraction of sp³-hybridized carbons (Fsp3) is 0.710. The van der Waals surface area contributed by atoms with Gasteiger partial charge in [-0.1, -0.05) is 46.3 Å². The lowest BCUT2D eigenvalue weighted by molar-refractivity contribution is -0.236. The Labute approximate surface area is 235 Å². The molecular weight excluding hydrogens is 519 g/mol. The number of ketones is 2. The van der Waals surface area contributed by atoms with Gasteiger partial charge in [-0.2, -0.15) is 0 Å². The van der Waals surface area contributed by atoms with Gasteiger partial charge in [0.15, 0.2) is 23.7 Å². The molecule has 8 nitrogen and oxygen atoms in total. The SMILES string of the molecule is CCC(=O)OCC(=O)[C@@]1(OC(=O)CC)[C@H](C)C[C@@H]2[C@@H]3CCC4=CC(=O)C=C[C@]4(C)[C@@]3(F)[C@H](OC(=O)CC)C[C@@]21C. The molecule has 0 heterocycles. The highest BCUT2D eigenvalue weighted by molar-refractivity contribution is 6.01. The van der Waals surface area contributed by atoms with Crippen LogP contribution in [-0.2, 0) is 38.2 Å². The molecule has 0 saturated heterocycles. The van der Waals surface area contributed by atoms with E-state index in [9.17, 15) is 24.0 Å². The molecule has 220 valence electrons. The summed E-state index contributed by atoms with van der Waals surface area (Å²) in [6.07, 6.45) is 4.49. The Morgan fingerprint density at radius 2 is 1.65 bits per heavy atom. The average Bonchev–Trinajstić information content (AvgIpc) is 3.14. The van der Waals surface area contributed by atoms with Crippen molar-refractivity contribution in [2.75, 3.05) is 6.61 Å². The quantitative estimate of drug-likeness (QED) is 0.308. The van der Waals surface area contributed by atoms with Crippen molar-refractivity contribution in [3.63, 3.8) is 0 Å². The molecule has 0 spiro atoms. The molecular formula is C31H41FO8. The molecule has 4 rings (SSSR count). The van der Waals surface area contributed by atoms with E-state index in [-0.39, 0.29) is 31.5 Å². The molecule has 0 aromatic heterocycles. The molecule has 0 amide bonds. The lowest BCUT2D eigenvalue weighted by Crippen LogP contribution is -2.70. The number of ether oxygens (including phenoxy) is 3. The smallest absolute Gasteiger partial charge is 0.306 e. The minimum atomic E-state index is -2.06. The Bertz CT molecular complexity index is 1170. The zero-order valence-corrected chi connectivity index (χ0v) is 24.3. The van der Waals surface area contributed by atoms with Gasteiger partial charge < -0.3 is 14.2 Å². The van der Waals surface area contributed by atoms with Crippen molar-refractivity contribution in [3.05, 3.63) is 23.8 Å². The first kappa shape index (κ1) is 30.1. The lowest BCUT2D eigenvalue weighted by atomic mass is 9.44. The zero-order chi connectivity index (χ0) is 29.7. The second-order valence-electron chi connectivity index (χ2n) is 12.2. The molecule has 0 radical (unpaired) electrons. The van der Waals surface area contributed by atoms with Crippen LogP contribution in [0.1, 0.15) is 86.5 Å². The third-order valence-electron chi connectivity index (χ3n) is 10.3. The van der Waals surface area contributed by atoms with Crippen molar-refractivity contribution in [1.82, 2.24) is 0 Å². The first-order chi connectivity index (χ1) is 18.7. The molecule has 8 atom stereocenters. The van der Waals surface area contributed by atoms with Gasteiger partial charge in [0, 0.05) is 41.9 Å².